The van der Waals surface area contributed by atoms with Gasteiger partial charge in [-0.25, -0.2) is 4.98 Å². The minimum absolute atomic E-state index is 0.297. The normalized spacial score (nSPS) is 11.9. The van der Waals surface area contributed by atoms with Crippen LogP contribution >= 0.6 is 22.9 Å². The van der Waals surface area contributed by atoms with Crippen molar-refractivity contribution in [2.75, 3.05) is 12.4 Å². The predicted octanol–water partition coefficient (Wildman–Crippen LogP) is 2.63. The van der Waals surface area contributed by atoms with Crippen LogP contribution in [0.25, 0.3) is 0 Å². The van der Waals surface area contributed by atoms with Crippen LogP contribution in [0.1, 0.15) is 11.7 Å². The molecule has 0 aliphatic carbocycles. The maximum Gasteiger partial charge on any atom is 0.326 e. The molecule has 0 radical (unpaired) electrons. The van der Waals surface area contributed by atoms with E-state index in [1.807, 2.05) is 0 Å². The summed E-state index contributed by atoms with van der Waals surface area (Å²) in [6.07, 6.45) is 0. The topological polar surface area (TPSA) is 97.5 Å². The summed E-state index contributed by atoms with van der Waals surface area (Å²) in [7, 11) is 1.54. The fourth-order valence-electron chi connectivity index (χ4n) is 1.51. The molecular weight excluding hydrogens is 302 g/mol. The van der Waals surface area contributed by atoms with Gasteiger partial charge in [0.2, 0.25) is 0 Å². The van der Waals surface area contributed by atoms with Crippen LogP contribution in [0.15, 0.2) is 23.6 Å². The van der Waals surface area contributed by atoms with E-state index in [1.165, 1.54) is 11.3 Å². The number of anilines is 2. The van der Waals surface area contributed by atoms with Crippen molar-refractivity contribution in [3.8, 4) is 5.75 Å². The molecule has 1 aromatic heterocycles. The Bertz CT molecular complexity index is 632. The monoisotopic (exact) mass is 313 g/mol. The molecule has 8 heteroatoms. The van der Waals surface area contributed by atoms with E-state index in [0.717, 1.165) is 0 Å². The Kier molecular flexibility index (Phi) is 4.43. The SMILES string of the molecule is COc1ccc(Cl)cc1Nc1nc(C(N)C(=O)O)cs1. The number of aromatic nitrogens is 1. The largest absolute Gasteiger partial charge is 0.495 e. The first-order chi connectivity index (χ1) is 9.51. The molecular formula is C12H12ClN3O3S. The number of hydrogen-bond donors (Lipinski definition) is 3. The zero-order valence-electron chi connectivity index (χ0n) is 10.5. The Morgan fingerprint density at radius 1 is 1.60 bits per heavy atom. The van der Waals surface area contributed by atoms with Crippen molar-refractivity contribution < 1.29 is 14.6 Å². The maximum atomic E-state index is 10.8. The number of benzene rings is 1. The number of ether oxygens (including phenoxy) is 1. The van der Waals surface area contributed by atoms with Crippen LogP contribution in [0.4, 0.5) is 10.8 Å². The van der Waals surface area contributed by atoms with Crippen molar-refractivity contribution in [1.82, 2.24) is 4.98 Å². The van der Waals surface area contributed by atoms with Crippen LogP contribution in [0.2, 0.25) is 5.02 Å². The van der Waals surface area contributed by atoms with Crippen LogP contribution < -0.4 is 15.8 Å². The van der Waals surface area contributed by atoms with E-state index in [-0.39, 0.29) is 0 Å². The van der Waals surface area contributed by atoms with Gasteiger partial charge in [0, 0.05) is 10.4 Å². The fraction of sp³-hybridized carbons (Fsp3) is 0.167. The van der Waals surface area contributed by atoms with E-state index in [1.54, 1.807) is 30.7 Å². The van der Waals surface area contributed by atoms with Gasteiger partial charge in [-0.05, 0) is 18.2 Å². The lowest BCUT2D eigenvalue weighted by Gasteiger charge is -2.09. The number of nitrogens with one attached hydrogen (secondary N) is 1. The molecule has 106 valence electrons. The van der Waals surface area contributed by atoms with Crippen molar-refractivity contribution in [3.05, 3.63) is 34.3 Å². The van der Waals surface area contributed by atoms with Crippen LogP contribution in [0.3, 0.4) is 0 Å². The van der Waals surface area contributed by atoms with Crippen LogP contribution in [-0.4, -0.2) is 23.2 Å². The lowest BCUT2D eigenvalue weighted by molar-refractivity contribution is -0.138. The van der Waals surface area contributed by atoms with Crippen molar-refractivity contribution in [1.29, 1.82) is 0 Å². The molecule has 0 fully saturated rings. The highest BCUT2D eigenvalue weighted by Crippen LogP contribution is 2.32. The number of carboxylic acid groups (broad SMARTS) is 1. The van der Waals surface area contributed by atoms with Crippen molar-refractivity contribution in [2.45, 2.75) is 6.04 Å². The van der Waals surface area contributed by atoms with Crippen LogP contribution in [0, 0.1) is 0 Å². The van der Waals surface area contributed by atoms with E-state index < -0.39 is 12.0 Å². The number of thiazole rings is 1. The van der Waals surface area contributed by atoms with Crippen LogP contribution in [0.5, 0.6) is 5.75 Å². The van der Waals surface area contributed by atoms with Gasteiger partial charge in [0.25, 0.3) is 0 Å². The average molecular weight is 314 g/mol. The van der Waals surface area contributed by atoms with Gasteiger partial charge in [-0.3, -0.25) is 4.79 Å². The molecule has 6 nitrogen and oxygen atoms in total. The van der Waals surface area contributed by atoms with Gasteiger partial charge in [-0.1, -0.05) is 11.6 Å². The second kappa shape index (κ2) is 6.08. The summed E-state index contributed by atoms with van der Waals surface area (Å²) in [5, 5.41) is 14.5. The van der Waals surface area contributed by atoms with E-state index in [0.29, 0.717) is 27.3 Å². The van der Waals surface area contributed by atoms with Gasteiger partial charge in [-0.2, -0.15) is 0 Å². The zero-order valence-corrected chi connectivity index (χ0v) is 12.0. The molecule has 1 aromatic carbocycles. The Morgan fingerprint density at radius 2 is 2.35 bits per heavy atom. The van der Waals surface area contributed by atoms with Gasteiger partial charge in [0.1, 0.15) is 11.8 Å². The second-order valence-electron chi connectivity index (χ2n) is 3.86. The molecule has 0 bridgehead atoms. The highest BCUT2D eigenvalue weighted by molar-refractivity contribution is 7.13. The summed E-state index contributed by atoms with van der Waals surface area (Å²) in [5.74, 6) is -0.518. The Balaban J connectivity index is 2.22. The summed E-state index contributed by atoms with van der Waals surface area (Å²) in [4.78, 5) is 14.9. The third-order valence-corrected chi connectivity index (χ3v) is 3.52. The minimum atomic E-state index is -1.14. The van der Waals surface area contributed by atoms with Crippen molar-refractivity contribution in [2.24, 2.45) is 5.73 Å². The third-order valence-electron chi connectivity index (χ3n) is 2.51. The Labute approximate surface area is 124 Å². The van der Waals surface area contributed by atoms with E-state index in [4.69, 9.17) is 27.2 Å². The first-order valence-corrected chi connectivity index (χ1v) is 6.81. The number of methoxy groups -OCH3 is 1. The molecule has 0 amide bonds. The zero-order chi connectivity index (χ0) is 14.7. The molecule has 1 unspecified atom stereocenters. The third kappa shape index (κ3) is 3.19. The molecule has 4 N–H and O–H groups in total. The van der Waals surface area contributed by atoms with Gasteiger partial charge in [0.15, 0.2) is 5.13 Å². The lowest BCUT2D eigenvalue weighted by atomic mass is 10.2. The van der Waals surface area contributed by atoms with Gasteiger partial charge < -0.3 is 20.9 Å². The number of nitrogens with two attached hydrogens (primary N) is 1. The molecule has 0 saturated carbocycles. The lowest BCUT2D eigenvalue weighted by Crippen LogP contribution is -2.20. The molecule has 1 heterocycles. The number of carbonyl (C=O) groups is 1. The summed E-state index contributed by atoms with van der Waals surface area (Å²) in [6.45, 7) is 0. The number of nitrogens with zero attached hydrogens (tertiary/aromatic N) is 1. The van der Waals surface area contributed by atoms with Crippen molar-refractivity contribution >= 4 is 39.7 Å². The smallest absolute Gasteiger partial charge is 0.326 e. The average Bonchev–Trinajstić information content (AvgIpc) is 2.86. The molecule has 2 rings (SSSR count). The maximum absolute atomic E-state index is 10.8. The van der Waals surface area contributed by atoms with E-state index in [2.05, 4.69) is 10.3 Å². The number of halogens is 1. The van der Waals surface area contributed by atoms with Crippen LogP contribution in [-0.2, 0) is 4.79 Å². The summed E-state index contributed by atoms with van der Waals surface area (Å²) >= 11 is 7.18. The summed E-state index contributed by atoms with van der Waals surface area (Å²) in [6, 6.07) is 3.99. The molecule has 0 aliphatic heterocycles. The highest BCUT2D eigenvalue weighted by atomic mass is 35.5. The molecule has 0 spiro atoms. The standard InChI is InChI=1S/C12H12ClN3O3S/c1-19-9-3-2-6(13)4-7(9)15-12-16-8(5-20-12)10(14)11(17)18/h2-5,10H,14H2,1H3,(H,15,16)(H,17,18). The molecule has 0 saturated heterocycles. The number of carboxylic acids is 1. The van der Waals surface area contributed by atoms with Gasteiger partial charge in [0.05, 0.1) is 18.5 Å². The predicted molar refractivity (Wildman–Crippen MR) is 78.0 cm³/mol. The second-order valence-corrected chi connectivity index (χ2v) is 5.16. The Morgan fingerprint density at radius 3 is 3.00 bits per heavy atom. The highest BCUT2D eigenvalue weighted by Gasteiger charge is 2.18. The quantitative estimate of drug-likeness (QED) is 0.785. The van der Waals surface area contributed by atoms with Gasteiger partial charge in [-0.15, -0.1) is 11.3 Å². The van der Waals surface area contributed by atoms with Gasteiger partial charge >= 0.3 is 5.97 Å². The van der Waals surface area contributed by atoms with E-state index >= 15 is 0 Å². The minimum Gasteiger partial charge on any atom is -0.495 e. The molecule has 1 atom stereocenters. The molecule has 20 heavy (non-hydrogen) atoms. The Hall–Kier alpha value is -1.83. The number of aliphatic carboxylic acids is 1. The first kappa shape index (κ1) is 14.6. The van der Waals surface area contributed by atoms with Crippen molar-refractivity contribution in [3.63, 3.8) is 0 Å². The molecule has 2 aromatic rings. The number of hydrogen-bond acceptors (Lipinski definition) is 6. The number of rotatable bonds is 5. The first-order valence-electron chi connectivity index (χ1n) is 5.55. The van der Waals surface area contributed by atoms with E-state index in [9.17, 15) is 4.79 Å². The molecule has 0 aliphatic rings. The summed E-state index contributed by atoms with van der Waals surface area (Å²) in [5.41, 5.74) is 6.44. The fourth-order valence-corrected chi connectivity index (χ4v) is 2.44. The summed E-state index contributed by atoms with van der Waals surface area (Å²) < 4.78 is 5.20.